The summed E-state index contributed by atoms with van der Waals surface area (Å²) in [5.41, 5.74) is 5.06. The predicted molar refractivity (Wildman–Crippen MR) is 98.4 cm³/mol. The van der Waals surface area contributed by atoms with Gasteiger partial charge in [-0.15, -0.1) is 0 Å². The average molecular weight is 338 g/mol. The van der Waals surface area contributed by atoms with Gasteiger partial charge in [0.25, 0.3) is 0 Å². The van der Waals surface area contributed by atoms with E-state index in [4.69, 9.17) is 0 Å². The molecule has 2 heterocycles. The fraction of sp³-hybridized carbons (Fsp3) is 0. The number of carbonyl (C=O) groups is 1. The van der Waals surface area contributed by atoms with Crippen LogP contribution in [0, 0.1) is 0 Å². The number of ketones is 1. The Labute approximate surface area is 150 Å². The van der Waals surface area contributed by atoms with Crippen molar-refractivity contribution in [2.75, 3.05) is 0 Å². The highest BCUT2D eigenvalue weighted by atomic mass is 16.1. The number of carbonyl (C=O) groups excluding carboxylic acids is 1. The minimum absolute atomic E-state index is 0.0169. The molecule has 0 aliphatic rings. The van der Waals surface area contributed by atoms with Gasteiger partial charge in [0.2, 0.25) is 0 Å². The first-order valence-corrected chi connectivity index (χ1v) is 8.07. The van der Waals surface area contributed by atoms with Gasteiger partial charge in [0, 0.05) is 47.0 Å². The Morgan fingerprint density at radius 2 is 0.846 bits per heavy atom. The van der Waals surface area contributed by atoms with Gasteiger partial charge < -0.3 is 0 Å². The lowest BCUT2D eigenvalue weighted by molar-refractivity contribution is 0.103. The van der Waals surface area contributed by atoms with E-state index >= 15 is 0 Å². The fourth-order valence-electron chi connectivity index (χ4n) is 2.69. The van der Waals surface area contributed by atoms with Crippen molar-refractivity contribution in [2.24, 2.45) is 0 Å². The monoisotopic (exact) mass is 338 g/mol. The van der Waals surface area contributed by atoms with Crippen molar-refractivity contribution in [1.82, 2.24) is 19.9 Å². The van der Waals surface area contributed by atoms with Crippen molar-refractivity contribution in [3.8, 4) is 22.3 Å². The summed E-state index contributed by atoms with van der Waals surface area (Å²) in [6.45, 7) is 0. The lowest BCUT2D eigenvalue weighted by Crippen LogP contribution is -2.01. The number of hydrogen-bond acceptors (Lipinski definition) is 5. The van der Waals surface area contributed by atoms with E-state index in [0.717, 1.165) is 22.3 Å². The van der Waals surface area contributed by atoms with Crippen LogP contribution in [0.5, 0.6) is 0 Å². The molecule has 0 spiro atoms. The number of aromatic nitrogens is 4. The maximum atomic E-state index is 12.7. The molecule has 0 atom stereocenters. The van der Waals surface area contributed by atoms with Gasteiger partial charge in [-0.3, -0.25) is 4.79 Å². The lowest BCUT2D eigenvalue weighted by atomic mass is 9.99. The van der Waals surface area contributed by atoms with Gasteiger partial charge in [0.1, 0.15) is 12.7 Å². The van der Waals surface area contributed by atoms with E-state index in [9.17, 15) is 4.79 Å². The van der Waals surface area contributed by atoms with E-state index < -0.39 is 0 Å². The van der Waals surface area contributed by atoms with Gasteiger partial charge >= 0.3 is 0 Å². The second-order valence-electron chi connectivity index (χ2n) is 5.74. The van der Waals surface area contributed by atoms with Crippen LogP contribution in [0.1, 0.15) is 15.9 Å². The van der Waals surface area contributed by atoms with Crippen molar-refractivity contribution < 1.29 is 4.79 Å². The molecule has 2 aromatic heterocycles. The Kier molecular flexibility index (Phi) is 4.26. The number of benzene rings is 2. The third-order valence-electron chi connectivity index (χ3n) is 4.08. The molecule has 0 N–H and O–H groups in total. The quantitative estimate of drug-likeness (QED) is 0.529. The van der Waals surface area contributed by atoms with Gasteiger partial charge in [-0.2, -0.15) is 0 Å². The Morgan fingerprint density at radius 1 is 0.500 bits per heavy atom. The maximum Gasteiger partial charge on any atom is 0.193 e. The summed E-state index contributed by atoms with van der Waals surface area (Å²) >= 11 is 0. The molecule has 0 fully saturated rings. The molecule has 0 saturated heterocycles. The molecule has 0 aliphatic carbocycles. The number of rotatable bonds is 4. The molecular weight excluding hydrogens is 324 g/mol. The van der Waals surface area contributed by atoms with E-state index in [-0.39, 0.29) is 5.78 Å². The van der Waals surface area contributed by atoms with Gasteiger partial charge in [-0.25, -0.2) is 19.9 Å². The van der Waals surface area contributed by atoms with Crippen LogP contribution in [0.3, 0.4) is 0 Å². The maximum absolute atomic E-state index is 12.7. The molecule has 0 aliphatic heterocycles. The standard InChI is InChI=1S/C21H14N4O/c26-21(17-5-1-15(2-6-17)19-9-22-13-23-10-19)18-7-3-16(4-8-18)20-11-24-14-25-12-20/h1-14H. The third kappa shape index (κ3) is 3.23. The summed E-state index contributed by atoms with van der Waals surface area (Å²) in [5, 5.41) is 0. The van der Waals surface area contributed by atoms with Crippen molar-refractivity contribution in [3.63, 3.8) is 0 Å². The number of nitrogens with zero attached hydrogens (tertiary/aromatic N) is 4. The van der Waals surface area contributed by atoms with Crippen molar-refractivity contribution >= 4 is 5.78 Å². The third-order valence-corrected chi connectivity index (χ3v) is 4.08. The zero-order valence-electron chi connectivity index (χ0n) is 13.8. The van der Waals surface area contributed by atoms with Crippen LogP contribution in [0.15, 0.2) is 86.0 Å². The fourth-order valence-corrected chi connectivity index (χ4v) is 2.69. The Bertz CT molecular complexity index is 930. The van der Waals surface area contributed by atoms with Crippen molar-refractivity contribution in [3.05, 3.63) is 97.1 Å². The number of hydrogen-bond donors (Lipinski definition) is 0. The molecule has 0 radical (unpaired) electrons. The van der Waals surface area contributed by atoms with Crippen LogP contribution in [0.2, 0.25) is 0 Å². The predicted octanol–water partition coefficient (Wildman–Crippen LogP) is 3.83. The normalized spacial score (nSPS) is 10.5. The Balaban J connectivity index is 1.56. The molecule has 0 unspecified atom stereocenters. The van der Waals surface area contributed by atoms with Crippen molar-refractivity contribution in [1.29, 1.82) is 0 Å². The van der Waals surface area contributed by atoms with E-state index in [1.165, 1.54) is 12.7 Å². The first-order chi connectivity index (χ1) is 12.8. The van der Waals surface area contributed by atoms with Crippen molar-refractivity contribution in [2.45, 2.75) is 0 Å². The second-order valence-corrected chi connectivity index (χ2v) is 5.74. The molecule has 0 amide bonds. The SMILES string of the molecule is O=C(c1ccc(-c2cncnc2)cc1)c1ccc(-c2cncnc2)cc1. The van der Waals surface area contributed by atoms with Gasteiger partial charge in [0.05, 0.1) is 0 Å². The van der Waals surface area contributed by atoms with Gasteiger partial charge in [0.15, 0.2) is 5.78 Å². The summed E-state index contributed by atoms with van der Waals surface area (Å²) in [5.74, 6) is -0.0169. The first kappa shape index (κ1) is 15.8. The Morgan fingerprint density at radius 3 is 1.19 bits per heavy atom. The highest BCUT2D eigenvalue weighted by molar-refractivity contribution is 6.09. The largest absolute Gasteiger partial charge is 0.289 e. The molecule has 0 bridgehead atoms. The summed E-state index contributed by atoms with van der Waals surface area (Å²) in [6.07, 6.45) is 9.97. The van der Waals surface area contributed by atoms with Crippen LogP contribution in [-0.2, 0) is 0 Å². The van der Waals surface area contributed by atoms with E-state index in [1.807, 2.05) is 48.5 Å². The minimum Gasteiger partial charge on any atom is -0.289 e. The van der Waals surface area contributed by atoms with Crippen LogP contribution in [0.4, 0.5) is 0 Å². The zero-order valence-corrected chi connectivity index (χ0v) is 13.8. The highest BCUT2D eigenvalue weighted by Crippen LogP contribution is 2.21. The summed E-state index contributed by atoms with van der Waals surface area (Å²) in [6, 6.07) is 14.9. The molecule has 5 heteroatoms. The highest BCUT2D eigenvalue weighted by Gasteiger charge is 2.10. The van der Waals surface area contributed by atoms with Crippen LogP contribution < -0.4 is 0 Å². The molecule has 124 valence electrons. The summed E-state index contributed by atoms with van der Waals surface area (Å²) in [7, 11) is 0. The molecule has 26 heavy (non-hydrogen) atoms. The zero-order chi connectivity index (χ0) is 17.8. The minimum atomic E-state index is -0.0169. The summed E-state index contributed by atoms with van der Waals surface area (Å²) in [4.78, 5) is 28.7. The van der Waals surface area contributed by atoms with Gasteiger partial charge in [-0.05, 0) is 11.1 Å². The van der Waals surface area contributed by atoms with E-state index in [2.05, 4.69) is 19.9 Å². The first-order valence-electron chi connectivity index (χ1n) is 8.07. The molecular formula is C21H14N4O. The van der Waals surface area contributed by atoms with Crippen LogP contribution >= 0.6 is 0 Å². The lowest BCUT2D eigenvalue weighted by Gasteiger charge is -2.05. The molecule has 0 saturated carbocycles. The second kappa shape index (κ2) is 7.03. The van der Waals surface area contributed by atoms with E-state index in [0.29, 0.717) is 11.1 Å². The molecule has 4 rings (SSSR count). The van der Waals surface area contributed by atoms with Crippen LogP contribution in [0.25, 0.3) is 22.3 Å². The topological polar surface area (TPSA) is 68.6 Å². The van der Waals surface area contributed by atoms with Gasteiger partial charge in [-0.1, -0.05) is 48.5 Å². The van der Waals surface area contributed by atoms with E-state index in [1.54, 1.807) is 24.8 Å². The smallest absolute Gasteiger partial charge is 0.193 e. The molecule has 4 aromatic rings. The average Bonchev–Trinajstić information content (AvgIpc) is 2.75. The van der Waals surface area contributed by atoms with Crippen LogP contribution in [-0.4, -0.2) is 25.7 Å². The molecule has 5 nitrogen and oxygen atoms in total. The summed E-state index contributed by atoms with van der Waals surface area (Å²) < 4.78 is 0. The molecule has 2 aromatic carbocycles. The Hall–Kier alpha value is -3.73.